The standard InChI is InChI=1S/C15H14N4O/c1-19-13-5-3-2-4-12(13)18-15(19)14(17-10-20)11-6-8-16-9-7-11/h2-10,14H,1H3,(H,17,20). The maximum atomic E-state index is 10.9. The Hall–Kier alpha value is -2.69. The van der Waals surface area contributed by atoms with Crippen molar-refractivity contribution < 1.29 is 4.79 Å². The zero-order valence-electron chi connectivity index (χ0n) is 11.0. The summed E-state index contributed by atoms with van der Waals surface area (Å²) >= 11 is 0. The molecule has 1 N–H and O–H groups in total. The van der Waals surface area contributed by atoms with Crippen LogP contribution in [-0.2, 0) is 11.8 Å². The van der Waals surface area contributed by atoms with Gasteiger partial charge in [0.25, 0.3) is 0 Å². The van der Waals surface area contributed by atoms with E-state index in [9.17, 15) is 4.79 Å². The first-order chi connectivity index (χ1) is 9.81. The fourth-order valence-electron chi connectivity index (χ4n) is 2.37. The predicted octanol–water partition coefficient (Wildman–Crippen LogP) is 1.80. The SMILES string of the molecule is Cn1c(C(NC=O)c2ccncc2)nc2ccccc21. The molecule has 5 nitrogen and oxygen atoms in total. The predicted molar refractivity (Wildman–Crippen MR) is 76.0 cm³/mol. The van der Waals surface area contributed by atoms with Gasteiger partial charge in [-0.1, -0.05) is 12.1 Å². The highest BCUT2D eigenvalue weighted by molar-refractivity contribution is 5.76. The number of aryl methyl sites for hydroxylation is 1. The van der Waals surface area contributed by atoms with Crippen LogP contribution in [0.25, 0.3) is 11.0 Å². The molecule has 20 heavy (non-hydrogen) atoms. The van der Waals surface area contributed by atoms with Crippen molar-refractivity contribution in [3.8, 4) is 0 Å². The number of aromatic nitrogens is 3. The first-order valence-electron chi connectivity index (χ1n) is 6.32. The molecule has 0 aliphatic carbocycles. The van der Waals surface area contributed by atoms with Gasteiger partial charge >= 0.3 is 0 Å². The number of para-hydroxylation sites is 2. The molecular formula is C15H14N4O. The second-order valence-corrected chi connectivity index (χ2v) is 4.52. The summed E-state index contributed by atoms with van der Waals surface area (Å²) in [5.41, 5.74) is 2.90. The topological polar surface area (TPSA) is 59.8 Å². The van der Waals surface area contributed by atoms with Crippen LogP contribution in [0.4, 0.5) is 0 Å². The minimum atomic E-state index is -0.284. The first-order valence-corrected chi connectivity index (χ1v) is 6.32. The second kappa shape index (κ2) is 5.13. The molecule has 0 aliphatic heterocycles. The molecule has 2 aromatic heterocycles. The van der Waals surface area contributed by atoms with Crippen LogP contribution in [0.3, 0.4) is 0 Å². The van der Waals surface area contributed by atoms with Gasteiger partial charge in [-0.05, 0) is 29.8 Å². The monoisotopic (exact) mass is 266 g/mol. The van der Waals surface area contributed by atoms with Crippen molar-refractivity contribution in [1.29, 1.82) is 0 Å². The van der Waals surface area contributed by atoms with E-state index in [4.69, 9.17) is 0 Å². The molecule has 1 atom stereocenters. The maximum absolute atomic E-state index is 10.9. The van der Waals surface area contributed by atoms with Gasteiger partial charge < -0.3 is 9.88 Å². The number of imidazole rings is 1. The van der Waals surface area contributed by atoms with Crippen LogP contribution in [0.2, 0.25) is 0 Å². The van der Waals surface area contributed by atoms with Gasteiger partial charge in [-0.25, -0.2) is 4.98 Å². The van der Waals surface area contributed by atoms with Gasteiger partial charge in [-0.3, -0.25) is 9.78 Å². The Kier molecular flexibility index (Phi) is 3.16. The molecule has 0 saturated carbocycles. The number of benzene rings is 1. The second-order valence-electron chi connectivity index (χ2n) is 4.52. The van der Waals surface area contributed by atoms with Crippen LogP contribution in [0.5, 0.6) is 0 Å². The highest BCUT2D eigenvalue weighted by atomic mass is 16.1. The Morgan fingerprint density at radius 1 is 1.20 bits per heavy atom. The Morgan fingerprint density at radius 3 is 2.65 bits per heavy atom. The summed E-state index contributed by atoms with van der Waals surface area (Å²) in [6, 6.07) is 11.4. The minimum Gasteiger partial charge on any atom is -0.345 e. The quantitative estimate of drug-likeness (QED) is 0.733. The first kappa shape index (κ1) is 12.3. The number of hydrogen-bond donors (Lipinski definition) is 1. The average molecular weight is 266 g/mol. The molecule has 1 unspecified atom stereocenters. The summed E-state index contributed by atoms with van der Waals surface area (Å²) in [5, 5.41) is 2.83. The number of carbonyl (C=O) groups is 1. The summed E-state index contributed by atoms with van der Waals surface area (Å²) in [6.45, 7) is 0. The van der Waals surface area contributed by atoms with Crippen molar-refractivity contribution in [2.24, 2.45) is 7.05 Å². The summed E-state index contributed by atoms with van der Waals surface area (Å²) in [4.78, 5) is 19.6. The molecule has 0 fully saturated rings. The highest BCUT2D eigenvalue weighted by Gasteiger charge is 2.19. The molecule has 5 heteroatoms. The third-order valence-electron chi connectivity index (χ3n) is 3.35. The smallest absolute Gasteiger partial charge is 0.207 e. The van der Waals surface area contributed by atoms with Crippen molar-refractivity contribution in [2.75, 3.05) is 0 Å². The normalized spacial score (nSPS) is 12.2. The lowest BCUT2D eigenvalue weighted by Crippen LogP contribution is -2.23. The Morgan fingerprint density at radius 2 is 1.95 bits per heavy atom. The van der Waals surface area contributed by atoms with E-state index in [1.807, 2.05) is 48.0 Å². The molecule has 1 amide bonds. The van der Waals surface area contributed by atoms with Crippen LogP contribution >= 0.6 is 0 Å². The largest absolute Gasteiger partial charge is 0.345 e. The Labute approximate surface area is 116 Å². The number of carbonyl (C=O) groups excluding carboxylic acids is 1. The molecule has 100 valence electrons. The van der Waals surface area contributed by atoms with Crippen molar-refractivity contribution in [3.05, 3.63) is 60.2 Å². The fourth-order valence-corrected chi connectivity index (χ4v) is 2.37. The summed E-state index contributed by atoms with van der Waals surface area (Å²) in [6.07, 6.45) is 4.11. The van der Waals surface area contributed by atoms with E-state index in [-0.39, 0.29) is 6.04 Å². The number of amides is 1. The summed E-state index contributed by atoms with van der Waals surface area (Å²) in [7, 11) is 1.95. The van der Waals surface area contributed by atoms with E-state index < -0.39 is 0 Å². The molecule has 2 heterocycles. The van der Waals surface area contributed by atoms with Gasteiger partial charge in [0.15, 0.2) is 0 Å². The summed E-state index contributed by atoms with van der Waals surface area (Å²) < 4.78 is 2.00. The molecule has 3 rings (SSSR count). The van der Waals surface area contributed by atoms with Crippen molar-refractivity contribution in [3.63, 3.8) is 0 Å². The van der Waals surface area contributed by atoms with Gasteiger partial charge in [-0.15, -0.1) is 0 Å². The van der Waals surface area contributed by atoms with E-state index >= 15 is 0 Å². The zero-order valence-corrected chi connectivity index (χ0v) is 11.0. The lowest BCUT2D eigenvalue weighted by atomic mass is 10.1. The molecular weight excluding hydrogens is 252 g/mol. The Balaban J connectivity index is 2.15. The van der Waals surface area contributed by atoms with Crippen LogP contribution in [0.1, 0.15) is 17.4 Å². The van der Waals surface area contributed by atoms with E-state index in [1.54, 1.807) is 12.4 Å². The number of fused-ring (bicyclic) bond motifs is 1. The summed E-state index contributed by atoms with van der Waals surface area (Å²) in [5.74, 6) is 0.796. The minimum absolute atomic E-state index is 0.284. The lowest BCUT2D eigenvalue weighted by molar-refractivity contribution is -0.110. The van der Waals surface area contributed by atoms with E-state index in [1.165, 1.54) is 0 Å². The molecule has 0 bridgehead atoms. The van der Waals surface area contributed by atoms with E-state index in [0.29, 0.717) is 6.41 Å². The van der Waals surface area contributed by atoms with Gasteiger partial charge in [0, 0.05) is 19.4 Å². The van der Waals surface area contributed by atoms with Gasteiger partial charge in [0.05, 0.1) is 11.0 Å². The van der Waals surface area contributed by atoms with Crippen molar-refractivity contribution in [1.82, 2.24) is 19.9 Å². The van der Waals surface area contributed by atoms with E-state index in [2.05, 4.69) is 15.3 Å². The number of nitrogens with one attached hydrogen (secondary N) is 1. The number of nitrogens with zero attached hydrogens (tertiary/aromatic N) is 3. The molecule has 0 saturated heterocycles. The van der Waals surface area contributed by atoms with E-state index in [0.717, 1.165) is 22.4 Å². The van der Waals surface area contributed by atoms with Crippen LogP contribution in [0, 0.1) is 0 Å². The molecule has 1 aromatic carbocycles. The molecule has 3 aromatic rings. The number of pyridine rings is 1. The van der Waals surface area contributed by atoms with Crippen LogP contribution < -0.4 is 5.32 Å². The highest BCUT2D eigenvalue weighted by Crippen LogP contribution is 2.24. The zero-order chi connectivity index (χ0) is 13.9. The van der Waals surface area contributed by atoms with Gasteiger partial charge in [-0.2, -0.15) is 0 Å². The molecule has 0 spiro atoms. The Bertz CT molecular complexity index is 736. The average Bonchev–Trinajstić information content (AvgIpc) is 2.83. The fraction of sp³-hybridized carbons (Fsp3) is 0.133. The van der Waals surface area contributed by atoms with Crippen molar-refractivity contribution in [2.45, 2.75) is 6.04 Å². The van der Waals surface area contributed by atoms with Gasteiger partial charge in [0.2, 0.25) is 6.41 Å². The van der Waals surface area contributed by atoms with Crippen LogP contribution in [0.15, 0.2) is 48.8 Å². The third kappa shape index (κ3) is 2.03. The number of hydrogen-bond acceptors (Lipinski definition) is 3. The molecule has 0 aliphatic rings. The van der Waals surface area contributed by atoms with Crippen molar-refractivity contribution >= 4 is 17.4 Å². The lowest BCUT2D eigenvalue weighted by Gasteiger charge is -2.16. The van der Waals surface area contributed by atoms with Gasteiger partial charge in [0.1, 0.15) is 11.9 Å². The third-order valence-corrected chi connectivity index (χ3v) is 3.35. The van der Waals surface area contributed by atoms with Crippen LogP contribution in [-0.4, -0.2) is 20.9 Å². The number of rotatable bonds is 4. The molecule has 0 radical (unpaired) electrons. The maximum Gasteiger partial charge on any atom is 0.207 e.